The van der Waals surface area contributed by atoms with E-state index in [4.69, 9.17) is 9.84 Å². The maximum Gasteiger partial charge on any atom is 0.353 e. The number of hydrogen-bond donors (Lipinski definition) is 3. The molecule has 3 N–H and O–H groups in total. The highest BCUT2D eigenvalue weighted by Crippen LogP contribution is 2.31. The fraction of sp³-hybridized carbons (Fsp3) is 0.0909. The predicted molar refractivity (Wildman–Crippen MR) is 59.2 cm³/mol. The number of ether oxygens (including phenoxy) is 1. The third kappa shape index (κ3) is 2.05. The van der Waals surface area contributed by atoms with Crippen LogP contribution in [-0.2, 0) is 0 Å². The van der Waals surface area contributed by atoms with E-state index in [-0.39, 0.29) is 11.4 Å². The van der Waals surface area contributed by atoms with Crippen LogP contribution < -0.4 is 4.74 Å². The first kappa shape index (κ1) is 11.0. The Morgan fingerprint density at radius 3 is 2.76 bits per heavy atom. The van der Waals surface area contributed by atoms with Crippen molar-refractivity contribution in [3.05, 3.63) is 30.0 Å². The number of benzene rings is 1. The number of nitrogens with zero attached hydrogens (tertiary/aromatic N) is 1. The molecule has 2 aromatic rings. The van der Waals surface area contributed by atoms with Gasteiger partial charge in [0.2, 0.25) is 0 Å². The molecule has 0 fully saturated rings. The number of aromatic carboxylic acids is 1. The van der Waals surface area contributed by atoms with Crippen molar-refractivity contribution in [1.82, 2.24) is 10.2 Å². The highest BCUT2D eigenvalue weighted by Gasteiger charge is 2.13. The Labute approximate surface area is 96.5 Å². The number of hydrogen-bond acceptors (Lipinski definition) is 4. The molecule has 88 valence electrons. The van der Waals surface area contributed by atoms with Gasteiger partial charge in [0.1, 0.15) is 17.2 Å². The quantitative estimate of drug-likeness (QED) is 0.747. The molecular formula is C11H10N2O4. The molecule has 0 aliphatic heterocycles. The van der Waals surface area contributed by atoms with Gasteiger partial charge in [-0.3, -0.25) is 5.10 Å². The molecule has 0 atom stereocenters. The van der Waals surface area contributed by atoms with Crippen LogP contribution in [0.4, 0.5) is 0 Å². The second-order valence-electron chi connectivity index (χ2n) is 3.36. The molecule has 0 bridgehead atoms. The average Bonchev–Trinajstić information content (AvgIpc) is 2.78. The monoisotopic (exact) mass is 234 g/mol. The first-order chi connectivity index (χ1) is 8.11. The summed E-state index contributed by atoms with van der Waals surface area (Å²) in [5, 5.41) is 24.4. The number of aromatic nitrogens is 2. The molecule has 2 rings (SSSR count). The summed E-state index contributed by atoms with van der Waals surface area (Å²) in [6.07, 6.45) is 0. The number of rotatable bonds is 3. The number of aromatic hydroxyl groups is 1. The molecular weight excluding hydrogens is 224 g/mol. The lowest BCUT2D eigenvalue weighted by molar-refractivity contribution is 0.0690. The average molecular weight is 234 g/mol. The highest BCUT2D eigenvalue weighted by molar-refractivity contribution is 5.87. The first-order valence-corrected chi connectivity index (χ1v) is 4.78. The summed E-state index contributed by atoms with van der Waals surface area (Å²) in [4.78, 5) is 10.7. The number of carboxylic acids is 1. The topological polar surface area (TPSA) is 95.4 Å². The van der Waals surface area contributed by atoms with E-state index in [2.05, 4.69) is 10.2 Å². The van der Waals surface area contributed by atoms with Crippen molar-refractivity contribution in [2.45, 2.75) is 0 Å². The molecule has 0 unspecified atom stereocenters. The lowest BCUT2D eigenvalue weighted by Crippen LogP contribution is -1.95. The minimum absolute atomic E-state index is 0.0228. The second-order valence-corrected chi connectivity index (χ2v) is 3.36. The molecule has 17 heavy (non-hydrogen) atoms. The van der Waals surface area contributed by atoms with Gasteiger partial charge in [-0.15, -0.1) is 0 Å². The van der Waals surface area contributed by atoms with Crippen LogP contribution in [-0.4, -0.2) is 33.5 Å². The van der Waals surface area contributed by atoms with E-state index >= 15 is 0 Å². The molecule has 0 aliphatic rings. The zero-order valence-electron chi connectivity index (χ0n) is 8.97. The lowest BCUT2D eigenvalue weighted by Gasteiger charge is -2.05. The molecule has 0 aliphatic carbocycles. The van der Waals surface area contributed by atoms with Gasteiger partial charge in [-0.2, -0.15) is 5.10 Å². The van der Waals surface area contributed by atoms with Crippen molar-refractivity contribution in [1.29, 1.82) is 0 Å². The predicted octanol–water partition coefficient (Wildman–Crippen LogP) is 1.49. The molecule has 0 spiro atoms. The second kappa shape index (κ2) is 4.17. The number of carbonyl (C=O) groups is 1. The maximum absolute atomic E-state index is 10.7. The van der Waals surface area contributed by atoms with E-state index in [1.165, 1.54) is 25.3 Å². The molecule has 0 saturated carbocycles. The summed E-state index contributed by atoms with van der Waals surface area (Å²) in [6.45, 7) is 0. The lowest BCUT2D eigenvalue weighted by atomic mass is 10.1. The van der Waals surface area contributed by atoms with E-state index in [1.807, 2.05) is 0 Å². The molecule has 0 radical (unpaired) electrons. The van der Waals surface area contributed by atoms with Gasteiger partial charge in [-0.05, 0) is 24.3 Å². The molecule has 6 nitrogen and oxygen atoms in total. The Balaban J connectivity index is 2.51. The summed E-state index contributed by atoms with van der Waals surface area (Å²) in [5.74, 6) is -0.533. The Kier molecular flexibility index (Phi) is 2.70. The smallest absolute Gasteiger partial charge is 0.353 e. The van der Waals surface area contributed by atoms with Crippen LogP contribution in [0.15, 0.2) is 24.3 Å². The summed E-state index contributed by atoms with van der Waals surface area (Å²) < 4.78 is 5.11. The molecule has 0 amide bonds. The van der Waals surface area contributed by atoms with Crippen molar-refractivity contribution < 1.29 is 19.7 Å². The van der Waals surface area contributed by atoms with Gasteiger partial charge in [0.15, 0.2) is 0 Å². The van der Waals surface area contributed by atoms with Crippen LogP contribution in [0.2, 0.25) is 0 Å². The molecule has 1 aromatic heterocycles. The van der Waals surface area contributed by atoms with Crippen molar-refractivity contribution in [2.24, 2.45) is 0 Å². The number of phenols is 1. The van der Waals surface area contributed by atoms with Gasteiger partial charge in [-0.1, -0.05) is 0 Å². The number of carboxylic acid groups (broad SMARTS) is 1. The number of nitrogens with one attached hydrogen (secondary N) is 1. The van der Waals surface area contributed by atoms with Gasteiger partial charge >= 0.3 is 5.97 Å². The van der Waals surface area contributed by atoms with Crippen molar-refractivity contribution in [2.75, 3.05) is 7.11 Å². The minimum atomic E-state index is -1.09. The van der Waals surface area contributed by atoms with Crippen LogP contribution in [0.25, 0.3) is 11.3 Å². The third-order valence-corrected chi connectivity index (χ3v) is 2.27. The van der Waals surface area contributed by atoms with Gasteiger partial charge in [0.05, 0.1) is 12.8 Å². The van der Waals surface area contributed by atoms with E-state index in [0.29, 0.717) is 17.0 Å². The van der Waals surface area contributed by atoms with Crippen molar-refractivity contribution in [3.63, 3.8) is 0 Å². The summed E-state index contributed by atoms with van der Waals surface area (Å²) in [7, 11) is 1.49. The van der Waals surface area contributed by atoms with Gasteiger partial charge < -0.3 is 14.9 Å². The summed E-state index contributed by atoms with van der Waals surface area (Å²) in [6, 6.07) is 5.90. The van der Waals surface area contributed by atoms with Crippen LogP contribution in [0.5, 0.6) is 11.5 Å². The maximum atomic E-state index is 10.7. The number of H-pyrrole nitrogens is 1. The van der Waals surface area contributed by atoms with Crippen molar-refractivity contribution in [3.8, 4) is 22.8 Å². The van der Waals surface area contributed by atoms with Crippen LogP contribution in [0, 0.1) is 0 Å². The molecule has 0 saturated heterocycles. The van der Waals surface area contributed by atoms with Crippen LogP contribution in [0.3, 0.4) is 0 Å². The molecule has 1 heterocycles. The van der Waals surface area contributed by atoms with Crippen molar-refractivity contribution >= 4 is 5.97 Å². The van der Waals surface area contributed by atoms with Crippen LogP contribution in [0.1, 0.15) is 10.5 Å². The van der Waals surface area contributed by atoms with E-state index in [0.717, 1.165) is 0 Å². The zero-order valence-corrected chi connectivity index (χ0v) is 8.97. The third-order valence-electron chi connectivity index (χ3n) is 2.27. The summed E-state index contributed by atoms with van der Waals surface area (Å²) >= 11 is 0. The SMILES string of the molecule is COc1ccc(O)cc1-c1cc(C(=O)O)[nH]n1. The normalized spacial score (nSPS) is 10.2. The molecule has 6 heteroatoms. The highest BCUT2D eigenvalue weighted by atomic mass is 16.5. The fourth-order valence-electron chi connectivity index (χ4n) is 1.47. The number of aromatic amines is 1. The van der Waals surface area contributed by atoms with Gasteiger partial charge in [-0.25, -0.2) is 4.79 Å². The van der Waals surface area contributed by atoms with Crippen LogP contribution >= 0.6 is 0 Å². The largest absolute Gasteiger partial charge is 0.508 e. The fourth-order valence-corrected chi connectivity index (χ4v) is 1.47. The molecule has 1 aromatic carbocycles. The minimum Gasteiger partial charge on any atom is -0.508 e. The van der Waals surface area contributed by atoms with Gasteiger partial charge in [0.25, 0.3) is 0 Å². The first-order valence-electron chi connectivity index (χ1n) is 4.78. The Bertz CT molecular complexity index is 562. The van der Waals surface area contributed by atoms with E-state index in [9.17, 15) is 9.90 Å². The standard InChI is InChI=1S/C11H10N2O4/c1-17-10-3-2-6(14)4-7(10)8-5-9(11(15)16)13-12-8/h2-5,14H,1H3,(H,12,13)(H,15,16). The zero-order chi connectivity index (χ0) is 12.4. The Hall–Kier alpha value is -2.50. The van der Waals surface area contributed by atoms with E-state index < -0.39 is 5.97 Å². The Morgan fingerprint density at radius 2 is 2.18 bits per heavy atom. The van der Waals surface area contributed by atoms with Gasteiger partial charge in [0, 0.05) is 5.56 Å². The number of methoxy groups -OCH3 is 1. The summed E-state index contributed by atoms with van der Waals surface area (Å²) in [5.41, 5.74) is 0.900. The van der Waals surface area contributed by atoms with E-state index in [1.54, 1.807) is 6.07 Å². The Morgan fingerprint density at radius 1 is 1.41 bits per heavy atom. The number of phenolic OH excluding ortho intramolecular Hbond substituents is 1.